The summed E-state index contributed by atoms with van der Waals surface area (Å²) >= 11 is 0. The van der Waals surface area contributed by atoms with Crippen LogP contribution in [0.25, 0.3) is 0 Å². The Bertz CT molecular complexity index is 24.9. The zero-order valence-corrected chi connectivity index (χ0v) is 4.53. The molecule has 0 aromatic heterocycles. The maximum absolute atomic E-state index is 11.8. The molecule has 0 aliphatic carbocycles. The Morgan fingerprint density at radius 3 is 1.33 bits per heavy atom. The van der Waals surface area contributed by atoms with Gasteiger partial charge in [0.15, 0.2) is 0 Å². The standard InChI is InChI=1S/C5H11F/c1-4(2)5(3)6/h4-5H,1-3H3. The monoisotopic (exact) mass is 90.1 g/mol. The highest BCUT2D eigenvalue weighted by Gasteiger charge is 2.00. The largest absolute Gasteiger partial charge is 0.248 e. The predicted molar refractivity (Wildman–Crippen MR) is 25.4 cm³/mol. The lowest BCUT2D eigenvalue weighted by molar-refractivity contribution is 0.280. The van der Waals surface area contributed by atoms with Crippen LogP contribution in [0.4, 0.5) is 4.39 Å². The highest BCUT2D eigenvalue weighted by molar-refractivity contribution is 4.49. The molecule has 0 aromatic rings. The van der Waals surface area contributed by atoms with Crippen LogP contribution in [0.5, 0.6) is 0 Å². The van der Waals surface area contributed by atoms with Crippen molar-refractivity contribution >= 4 is 0 Å². The van der Waals surface area contributed by atoms with E-state index in [0.717, 1.165) is 0 Å². The van der Waals surface area contributed by atoms with Gasteiger partial charge in [0, 0.05) is 0 Å². The van der Waals surface area contributed by atoms with Crippen molar-refractivity contribution in [3.05, 3.63) is 0 Å². The summed E-state index contributed by atoms with van der Waals surface area (Å²) in [5.41, 5.74) is 0. The van der Waals surface area contributed by atoms with Gasteiger partial charge in [-0.3, -0.25) is 0 Å². The Morgan fingerprint density at radius 1 is 1.17 bits per heavy atom. The molecule has 0 aliphatic heterocycles. The van der Waals surface area contributed by atoms with Crippen molar-refractivity contribution in [1.82, 2.24) is 0 Å². The van der Waals surface area contributed by atoms with Crippen molar-refractivity contribution < 1.29 is 4.39 Å². The topological polar surface area (TPSA) is 0 Å². The minimum absolute atomic E-state index is 0.185. The lowest BCUT2D eigenvalue weighted by Gasteiger charge is -2.01. The average molecular weight is 90.1 g/mol. The molecule has 1 heteroatoms. The van der Waals surface area contributed by atoms with Crippen LogP contribution in [0.1, 0.15) is 20.8 Å². The number of rotatable bonds is 1. The molecule has 0 aliphatic rings. The smallest absolute Gasteiger partial charge is 0.0996 e. The molecule has 0 spiro atoms. The highest BCUT2D eigenvalue weighted by atomic mass is 19.1. The zero-order valence-electron chi connectivity index (χ0n) is 4.53. The third-order valence-corrected chi connectivity index (χ3v) is 0.919. The molecule has 6 heavy (non-hydrogen) atoms. The summed E-state index contributed by atoms with van der Waals surface area (Å²) in [7, 11) is 0. The van der Waals surface area contributed by atoms with E-state index in [2.05, 4.69) is 0 Å². The second kappa shape index (κ2) is 2.17. The van der Waals surface area contributed by atoms with Crippen molar-refractivity contribution in [1.29, 1.82) is 0 Å². The molecule has 0 amide bonds. The first-order valence-electron chi connectivity index (χ1n) is 2.28. The van der Waals surface area contributed by atoms with Crippen LogP contribution < -0.4 is 0 Å². The summed E-state index contributed by atoms with van der Waals surface area (Å²) in [5, 5.41) is 0. The molecule has 1 unspecified atom stereocenters. The Balaban J connectivity index is 2.99. The summed E-state index contributed by atoms with van der Waals surface area (Å²) in [6.45, 7) is 5.31. The van der Waals surface area contributed by atoms with E-state index in [1.165, 1.54) is 0 Å². The SMILES string of the molecule is CC(C)C(C)F. The first-order valence-corrected chi connectivity index (χ1v) is 2.28. The molecule has 0 bridgehead atoms. The van der Waals surface area contributed by atoms with Gasteiger partial charge in [-0.2, -0.15) is 0 Å². The Labute approximate surface area is 38.4 Å². The molecule has 0 N–H and O–H groups in total. The van der Waals surface area contributed by atoms with Crippen LogP contribution in [0.2, 0.25) is 0 Å². The van der Waals surface area contributed by atoms with Crippen LogP contribution in [0.3, 0.4) is 0 Å². The van der Waals surface area contributed by atoms with Gasteiger partial charge in [0.2, 0.25) is 0 Å². The second-order valence-corrected chi connectivity index (χ2v) is 1.92. The molecule has 0 aromatic carbocycles. The van der Waals surface area contributed by atoms with Gasteiger partial charge in [0.1, 0.15) is 0 Å². The molecule has 0 fully saturated rings. The Morgan fingerprint density at radius 2 is 1.33 bits per heavy atom. The van der Waals surface area contributed by atoms with Gasteiger partial charge in [-0.25, -0.2) is 4.39 Å². The summed E-state index contributed by atoms with van der Waals surface area (Å²) in [4.78, 5) is 0. The van der Waals surface area contributed by atoms with Gasteiger partial charge in [-0.15, -0.1) is 0 Å². The van der Waals surface area contributed by atoms with E-state index in [1.807, 2.05) is 13.8 Å². The Hall–Kier alpha value is -0.0700. The van der Waals surface area contributed by atoms with Crippen LogP contribution in [-0.4, -0.2) is 6.17 Å². The number of hydrogen-bond acceptors (Lipinski definition) is 0. The van der Waals surface area contributed by atoms with Crippen LogP contribution in [0.15, 0.2) is 0 Å². The van der Waals surface area contributed by atoms with Gasteiger partial charge in [-0.05, 0) is 12.8 Å². The van der Waals surface area contributed by atoms with E-state index in [-0.39, 0.29) is 5.92 Å². The second-order valence-electron chi connectivity index (χ2n) is 1.92. The summed E-state index contributed by atoms with van der Waals surface area (Å²) < 4.78 is 11.8. The first-order chi connectivity index (χ1) is 2.64. The minimum Gasteiger partial charge on any atom is -0.248 e. The lowest BCUT2D eigenvalue weighted by atomic mass is 10.1. The molecule has 0 saturated carbocycles. The fourth-order valence-electron chi connectivity index (χ4n) is 0. The number of halogens is 1. The molecule has 0 saturated heterocycles. The van der Waals surface area contributed by atoms with E-state index < -0.39 is 6.17 Å². The summed E-state index contributed by atoms with van der Waals surface area (Å²) in [5.74, 6) is 0.185. The fourth-order valence-corrected chi connectivity index (χ4v) is 0. The predicted octanol–water partition coefficient (Wildman–Crippen LogP) is 2.00. The van der Waals surface area contributed by atoms with Crippen molar-refractivity contribution in [3.8, 4) is 0 Å². The molecule has 0 nitrogen and oxygen atoms in total. The van der Waals surface area contributed by atoms with Crippen LogP contribution >= 0.6 is 0 Å². The van der Waals surface area contributed by atoms with Gasteiger partial charge in [-0.1, -0.05) is 13.8 Å². The molecular formula is C5H11F. The molecular weight excluding hydrogens is 79.1 g/mol. The van der Waals surface area contributed by atoms with Crippen LogP contribution in [-0.2, 0) is 0 Å². The average Bonchev–Trinajstić information content (AvgIpc) is 1.36. The molecule has 1 atom stereocenters. The van der Waals surface area contributed by atoms with E-state index >= 15 is 0 Å². The first kappa shape index (κ1) is 5.93. The summed E-state index contributed by atoms with van der Waals surface area (Å²) in [6, 6.07) is 0. The van der Waals surface area contributed by atoms with E-state index in [1.54, 1.807) is 6.92 Å². The van der Waals surface area contributed by atoms with Crippen molar-refractivity contribution in [3.63, 3.8) is 0 Å². The molecule has 38 valence electrons. The minimum atomic E-state index is -0.648. The third-order valence-electron chi connectivity index (χ3n) is 0.919. The zero-order chi connectivity index (χ0) is 5.15. The number of hydrogen-bond donors (Lipinski definition) is 0. The van der Waals surface area contributed by atoms with Crippen LogP contribution in [0, 0.1) is 5.92 Å². The molecule has 0 radical (unpaired) electrons. The molecule has 0 heterocycles. The maximum Gasteiger partial charge on any atom is 0.0996 e. The van der Waals surface area contributed by atoms with E-state index in [9.17, 15) is 4.39 Å². The molecule has 0 rings (SSSR count). The van der Waals surface area contributed by atoms with Crippen molar-refractivity contribution in [2.24, 2.45) is 5.92 Å². The maximum atomic E-state index is 11.8. The van der Waals surface area contributed by atoms with Gasteiger partial charge < -0.3 is 0 Å². The van der Waals surface area contributed by atoms with E-state index in [0.29, 0.717) is 0 Å². The Kier molecular flexibility index (Phi) is 2.14. The third kappa shape index (κ3) is 2.18. The van der Waals surface area contributed by atoms with Crippen molar-refractivity contribution in [2.45, 2.75) is 26.9 Å². The number of alkyl halides is 1. The highest BCUT2D eigenvalue weighted by Crippen LogP contribution is 2.02. The van der Waals surface area contributed by atoms with Gasteiger partial charge >= 0.3 is 0 Å². The normalized spacial score (nSPS) is 15.5. The quantitative estimate of drug-likeness (QED) is 0.462. The summed E-state index contributed by atoms with van der Waals surface area (Å²) in [6.07, 6.45) is -0.648. The van der Waals surface area contributed by atoms with Gasteiger partial charge in [0.05, 0.1) is 6.17 Å². The lowest BCUT2D eigenvalue weighted by Crippen LogP contribution is -2.01. The van der Waals surface area contributed by atoms with E-state index in [4.69, 9.17) is 0 Å². The fraction of sp³-hybridized carbons (Fsp3) is 1.00. The van der Waals surface area contributed by atoms with Crippen molar-refractivity contribution in [2.75, 3.05) is 0 Å². The van der Waals surface area contributed by atoms with Gasteiger partial charge in [0.25, 0.3) is 0 Å².